The van der Waals surface area contributed by atoms with Gasteiger partial charge in [0.05, 0.1) is 6.54 Å². The number of esters is 1. The average molecular weight is 396 g/mol. The second-order valence-corrected chi connectivity index (χ2v) is 6.62. The van der Waals surface area contributed by atoms with E-state index in [0.717, 1.165) is 5.56 Å². The molecule has 1 saturated heterocycles. The molecule has 3 amide bonds. The minimum absolute atomic E-state index is 0.182. The van der Waals surface area contributed by atoms with Gasteiger partial charge in [0.15, 0.2) is 6.61 Å². The first-order chi connectivity index (χ1) is 12.8. The number of ether oxygens (including phenoxy) is 1. The third kappa shape index (κ3) is 5.96. The number of carbonyl (C=O) groups excluding carboxylic acids is 4. The number of likely N-dealkylation sites (N-methyl/N-ethyl adjacent to an activating group) is 1. The summed E-state index contributed by atoms with van der Waals surface area (Å²) in [7, 11) is 0. The summed E-state index contributed by atoms with van der Waals surface area (Å²) < 4.78 is 4.96. The zero-order chi connectivity index (χ0) is 20.0. The first-order valence-electron chi connectivity index (χ1n) is 8.60. The molecule has 0 radical (unpaired) electrons. The molecule has 9 heteroatoms. The standard InChI is InChI=1S/C18H22ClN3O5/c1-3-22(9-16(24)21-14-8-12(19)5-4-11(14)2)17(25)10-27-18(26)13-6-7-15(23)20-13/h4-5,8,13H,3,6-7,9-10H2,1-2H3,(H,20,23)(H,21,24)/t13-/m1/s1. The molecule has 0 spiro atoms. The fourth-order valence-electron chi connectivity index (χ4n) is 2.58. The fraction of sp³-hybridized carbons (Fsp3) is 0.444. The van der Waals surface area contributed by atoms with Crippen molar-refractivity contribution in [2.75, 3.05) is 25.0 Å². The highest BCUT2D eigenvalue weighted by Crippen LogP contribution is 2.20. The zero-order valence-corrected chi connectivity index (χ0v) is 16.0. The Balaban J connectivity index is 1.85. The molecule has 1 aromatic carbocycles. The van der Waals surface area contributed by atoms with Crippen molar-refractivity contribution in [3.8, 4) is 0 Å². The molecule has 0 unspecified atom stereocenters. The minimum Gasteiger partial charge on any atom is -0.454 e. The highest BCUT2D eigenvalue weighted by Gasteiger charge is 2.29. The minimum atomic E-state index is -0.713. The number of aryl methyl sites for hydroxylation is 1. The lowest BCUT2D eigenvalue weighted by Gasteiger charge is -2.21. The van der Waals surface area contributed by atoms with Crippen LogP contribution in [0.4, 0.5) is 5.69 Å². The van der Waals surface area contributed by atoms with Gasteiger partial charge in [-0.25, -0.2) is 4.79 Å². The number of hydrogen-bond acceptors (Lipinski definition) is 5. The van der Waals surface area contributed by atoms with Crippen molar-refractivity contribution < 1.29 is 23.9 Å². The maximum Gasteiger partial charge on any atom is 0.329 e. The van der Waals surface area contributed by atoms with Gasteiger partial charge in [0.2, 0.25) is 11.8 Å². The number of benzene rings is 1. The van der Waals surface area contributed by atoms with Gasteiger partial charge in [0.25, 0.3) is 5.91 Å². The number of nitrogens with one attached hydrogen (secondary N) is 2. The van der Waals surface area contributed by atoms with Gasteiger partial charge in [-0.05, 0) is 38.0 Å². The van der Waals surface area contributed by atoms with E-state index in [4.69, 9.17) is 16.3 Å². The highest BCUT2D eigenvalue weighted by molar-refractivity contribution is 6.31. The van der Waals surface area contributed by atoms with Crippen LogP contribution in [0.3, 0.4) is 0 Å². The van der Waals surface area contributed by atoms with Crippen molar-refractivity contribution in [2.45, 2.75) is 32.7 Å². The molecule has 8 nitrogen and oxygen atoms in total. The Hall–Kier alpha value is -2.61. The summed E-state index contributed by atoms with van der Waals surface area (Å²) >= 11 is 5.93. The van der Waals surface area contributed by atoms with Gasteiger partial charge >= 0.3 is 5.97 Å². The molecule has 1 aliphatic rings. The monoisotopic (exact) mass is 395 g/mol. The van der Waals surface area contributed by atoms with Crippen molar-refractivity contribution in [1.29, 1.82) is 0 Å². The molecule has 1 heterocycles. The lowest BCUT2D eigenvalue weighted by Crippen LogP contribution is -2.41. The van der Waals surface area contributed by atoms with E-state index >= 15 is 0 Å². The molecule has 2 N–H and O–H groups in total. The molecule has 0 bridgehead atoms. The van der Waals surface area contributed by atoms with E-state index < -0.39 is 24.5 Å². The lowest BCUT2D eigenvalue weighted by atomic mass is 10.2. The predicted molar refractivity (Wildman–Crippen MR) is 99.2 cm³/mol. The molecule has 1 atom stereocenters. The SMILES string of the molecule is CCN(CC(=O)Nc1cc(Cl)ccc1C)C(=O)COC(=O)[C@H]1CCC(=O)N1. The van der Waals surface area contributed by atoms with Crippen LogP contribution in [0.1, 0.15) is 25.3 Å². The summed E-state index contributed by atoms with van der Waals surface area (Å²) in [4.78, 5) is 48.7. The number of halogens is 1. The Labute approximate surface area is 162 Å². The maximum atomic E-state index is 12.2. The number of rotatable bonds is 7. The Morgan fingerprint density at radius 1 is 1.37 bits per heavy atom. The van der Waals surface area contributed by atoms with Crippen LogP contribution in [-0.4, -0.2) is 54.3 Å². The first-order valence-corrected chi connectivity index (χ1v) is 8.97. The van der Waals surface area contributed by atoms with Crippen molar-refractivity contribution in [2.24, 2.45) is 0 Å². The molecule has 0 aliphatic carbocycles. The van der Waals surface area contributed by atoms with Crippen LogP contribution in [0.25, 0.3) is 0 Å². The molecular formula is C18H22ClN3O5. The van der Waals surface area contributed by atoms with E-state index in [1.54, 1.807) is 25.1 Å². The summed E-state index contributed by atoms with van der Waals surface area (Å²) in [5.74, 6) is -1.74. The van der Waals surface area contributed by atoms with Crippen LogP contribution in [-0.2, 0) is 23.9 Å². The smallest absolute Gasteiger partial charge is 0.329 e. The molecule has 2 rings (SSSR count). The van der Waals surface area contributed by atoms with Crippen LogP contribution >= 0.6 is 11.6 Å². The predicted octanol–water partition coefficient (Wildman–Crippen LogP) is 1.26. The second kappa shape index (κ2) is 9.36. The molecule has 1 fully saturated rings. The largest absolute Gasteiger partial charge is 0.454 e. The third-order valence-electron chi connectivity index (χ3n) is 4.16. The van der Waals surface area contributed by atoms with E-state index in [9.17, 15) is 19.2 Å². The average Bonchev–Trinajstić information content (AvgIpc) is 3.07. The maximum absolute atomic E-state index is 12.2. The molecule has 146 valence electrons. The van der Waals surface area contributed by atoms with E-state index in [0.29, 0.717) is 17.1 Å². The van der Waals surface area contributed by atoms with Crippen LogP contribution in [0.15, 0.2) is 18.2 Å². The number of hydrogen-bond donors (Lipinski definition) is 2. The first kappa shape index (κ1) is 20.7. The van der Waals surface area contributed by atoms with E-state index in [-0.39, 0.29) is 31.3 Å². The van der Waals surface area contributed by atoms with E-state index in [2.05, 4.69) is 10.6 Å². The highest BCUT2D eigenvalue weighted by atomic mass is 35.5. The number of amides is 3. The summed E-state index contributed by atoms with van der Waals surface area (Å²) in [5, 5.41) is 5.68. The molecule has 1 aromatic rings. The van der Waals surface area contributed by atoms with Gasteiger partial charge in [-0.2, -0.15) is 0 Å². The van der Waals surface area contributed by atoms with Gasteiger partial charge in [-0.15, -0.1) is 0 Å². The Bertz CT molecular complexity index is 753. The Kier molecular flexibility index (Phi) is 7.18. The summed E-state index contributed by atoms with van der Waals surface area (Å²) in [5.41, 5.74) is 1.41. The molecule has 0 aromatic heterocycles. The van der Waals surface area contributed by atoms with Gasteiger partial charge in [-0.3, -0.25) is 14.4 Å². The molecule has 0 saturated carbocycles. The molecule has 27 heavy (non-hydrogen) atoms. The Morgan fingerprint density at radius 3 is 2.74 bits per heavy atom. The van der Waals surface area contributed by atoms with Crippen molar-refractivity contribution in [3.05, 3.63) is 28.8 Å². The topological polar surface area (TPSA) is 105 Å². The molecular weight excluding hydrogens is 374 g/mol. The van der Waals surface area contributed by atoms with Gasteiger partial charge in [0, 0.05) is 23.7 Å². The third-order valence-corrected chi connectivity index (χ3v) is 4.40. The van der Waals surface area contributed by atoms with E-state index in [1.807, 2.05) is 6.92 Å². The zero-order valence-electron chi connectivity index (χ0n) is 15.2. The molecule has 1 aliphatic heterocycles. The van der Waals surface area contributed by atoms with Crippen LogP contribution < -0.4 is 10.6 Å². The van der Waals surface area contributed by atoms with Crippen molar-refractivity contribution >= 4 is 41.0 Å². The van der Waals surface area contributed by atoms with Gasteiger partial charge in [-0.1, -0.05) is 17.7 Å². The fourth-order valence-corrected chi connectivity index (χ4v) is 2.76. The van der Waals surface area contributed by atoms with Gasteiger partial charge in [0.1, 0.15) is 6.04 Å². The summed E-state index contributed by atoms with van der Waals surface area (Å²) in [6.07, 6.45) is 0.614. The summed E-state index contributed by atoms with van der Waals surface area (Å²) in [6.45, 7) is 3.16. The van der Waals surface area contributed by atoms with Crippen LogP contribution in [0.5, 0.6) is 0 Å². The lowest BCUT2D eigenvalue weighted by molar-refractivity contribution is -0.154. The number of nitrogens with zero attached hydrogens (tertiary/aromatic N) is 1. The van der Waals surface area contributed by atoms with E-state index in [1.165, 1.54) is 4.90 Å². The van der Waals surface area contributed by atoms with Gasteiger partial charge < -0.3 is 20.3 Å². The normalized spacial score (nSPS) is 15.8. The quantitative estimate of drug-likeness (QED) is 0.676. The van der Waals surface area contributed by atoms with Crippen LogP contribution in [0, 0.1) is 6.92 Å². The van der Waals surface area contributed by atoms with Crippen LogP contribution in [0.2, 0.25) is 5.02 Å². The summed E-state index contributed by atoms with van der Waals surface area (Å²) in [6, 6.07) is 4.41. The van der Waals surface area contributed by atoms with Crippen molar-refractivity contribution in [3.63, 3.8) is 0 Å². The number of carbonyl (C=O) groups is 4. The second-order valence-electron chi connectivity index (χ2n) is 6.18. The van der Waals surface area contributed by atoms with Crippen molar-refractivity contribution in [1.82, 2.24) is 10.2 Å². The Morgan fingerprint density at radius 2 is 2.11 bits per heavy atom. The number of anilines is 1.